The number of carbonyl (C=O) groups is 2. The molecule has 1 saturated heterocycles. The molecule has 26 heavy (non-hydrogen) atoms. The normalized spacial score (nSPS) is 21.7. The standard InChI is InChI=1S/C20H19FN2O3/c1-22-10-9-20(19(22)25)17-8-5-14(21)11-16(17)18(24)23(20)12-13-3-6-15(26-2)7-4-13/h3-8,11H,9-10,12H2,1-2H3. The molecule has 2 heterocycles. The van der Waals surface area contributed by atoms with E-state index in [1.807, 2.05) is 24.3 Å². The van der Waals surface area contributed by atoms with Crippen molar-refractivity contribution in [3.8, 4) is 5.75 Å². The summed E-state index contributed by atoms with van der Waals surface area (Å²) in [5.41, 5.74) is 0.720. The Bertz CT molecular complexity index is 896. The summed E-state index contributed by atoms with van der Waals surface area (Å²) in [6.45, 7) is 0.834. The Labute approximate surface area is 151 Å². The largest absolute Gasteiger partial charge is 0.497 e. The first kappa shape index (κ1) is 16.6. The predicted octanol–water partition coefficient (Wildman–Crippen LogP) is 2.55. The van der Waals surface area contributed by atoms with Crippen LogP contribution in [0.5, 0.6) is 5.75 Å². The summed E-state index contributed by atoms with van der Waals surface area (Å²) in [7, 11) is 3.32. The van der Waals surface area contributed by atoms with Crippen LogP contribution in [0, 0.1) is 5.82 Å². The summed E-state index contributed by atoms with van der Waals surface area (Å²) in [6, 6.07) is 11.5. The molecule has 1 unspecified atom stereocenters. The highest BCUT2D eigenvalue weighted by molar-refractivity contribution is 6.07. The molecule has 0 aliphatic carbocycles. The number of amides is 2. The predicted molar refractivity (Wildman–Crippen MR) is 93.2 cm³/mol. The number of hydrogen-bond donors (Lipinski definition) is 0. The zero-order valence-electron chi connectivity index (χ0n) is 14.7. The Morgan fingerprint density at radius 2 is 1.88 bits per heavy atom. The monoisotopic (exact) mass is 354 g/mol. The summed E-state index contributed by atoms with van der Waals surface area (Å²) in [6.07, 6.45) is 0.503. The van der Waals surface area contributed by atoms with E-state index >= 15 is 0 Å². The quantitative estimate of drug-likeness (QED) is 0.851. The lowest BCUT2D eigenvalue weighted by Crippen LogP contribution is -2.48. The highest BCUT2D eigenvalue weighted by Crippen LogP contribution is 2.47. The third-order valence-corrected chi connectivity index (χ3v) is 5.37. The van der Waals surface area contributed by atoms with Crippen molar-refractivity contribution < 1.29 is 18.7 Å². The van der Waals surface area contributed by atoms with E-state index in [-0.39, 0.29) is 23.9 Å². The van der Waals surface area contributed by atoms with Gasteiger partial charge in [0.2, 0.25) is 0 Å². The van der Waals surface area contributed by atoms with Gasteiger partial charge in [-0.2, -0.15) is 0 Å². The van der Waals surface area contributed by atoms with Gasteiger partial charge < -0.3 is 14.5 Å². The third-order valence-electron chi connectivity index (χ3n) is 5.37. The number of rotatable bonds is 3. The summed E-state index contributed by atoms with van der Waals surface area (Å²) < 4.78 is 18.9. The Hall–Kier alpha value is -2.89. The van der Waals surface area contributed by atoms with Crippen LogP contribution in [0.3, 0.4) is 0 Å². The Morgan fingerprint density at radius 3 is 2.50 bits per heavy atom. The van der Waals surface area contributed by atoms with Gasteiger partial charge in [-0.3, -0.25) is 9.59 Å². The van der Waals surface area contributed by atoms with E-state index in [0.29, 0.717) is 18.5 Å². The van der Waals surface area contributed by atoms with Crippen LogP contribution in [0.25, 0.3) is 0 Å². The summed E-state index contributed by atoms with van der Waals surface area (Å²) >= 11 is 0. The lowest BCUT2D eigenvalue weighted by Gasteiger charge is -2.34. The van der Waals surface area contributed by atoms with E-state index in [9.17, 15) is 14.0 Å². The van der Waals surface area contributed by atoms with Crippen LogP contribution < -0.4 is 4.74 Å². The van der Waals surface area contributed by atoms with E-state index in [1.54, 1.807) is 30.0 Å². The van der Waals surface area contributed by atoms with Crippen molar-refractivity contribution in [1.82, 2.24) is 9.80 Å². The number of nitrogens with zero attached hydrogens (tertiary/aromatic N) is 2. The fraction of sp³-hybridized carbons (Fsp3) is 0.300. The van der Waals surface area contributed by atoms with Gasteiger partial charge in [-0.1, -0.05) is 18.2 Å². The molecule has 2 aliphatic rings. The topological polar surface area (TPSA) is 49.9 Å². The molecule has 1 spiro atoms. The van der Waals surface area contributed by atoms with E-state index in [1.165, 1.54) is 12.1 Å². The fourth-order valence-electron chi connectivity index (χ4n) is 3.99. The molecule has 4 rings (SSSR count). The first-order chi connectivity index (χ1) is 12.5. The molecule has 0 saturated carbocycles. The highest BCUT2D eigenvalue weighted by atomic mass is 19.1. The second kappa shape index (κ2) is 5.83. The molecule has 5 nitrogen and oxygen atoms in total. The van der Waals surface area contributed by atoms with Crippen LogP contribution in [0.4, 0.5) is 4.39 Å². The summed E-state index contributed by atoms with van der Waals surface area (Å²) in [5, 5.41) is 0. The molecule has 2 amide bonds. The molecular weight excluding hydrogens is 335 g/mol. The zero-order chi connectivity index (χ0) is 18.5. The minimum Gasteiger partial charge on any atom is -0.497 e. The number of likely N-dealkylation sites (tertiary alicyclic amines) is 1. The lowest BCUT2D eigenvalue weighted by molar-refractivity contribution is -0.136. The molecule has 0 N–H and O–H groups in total. The number of hydrogen-bond acceptors (Lipinski definition) is 3. The molecule has 2 aromatic rings. The van der Waals surface area contributed by atoms with Gasteiger partial charge in [-0.25, -0.2) is 4.39 Å². The van der Waals surface area contributed by atoms with Gasteiger partial charge in [0.15, 0.2) is 0 Å². The second-order valence-electron chi connectivity index (χ2n) is 6.77. The van der Waals surface area contributed by atoms with Crippen molar-refractivity contribution in [2.45, 2.75) is 18.5 Å². The van der Waals surface area contributed by atoms with Crippen molar-refractivity contribution >= 4 is 11.8 Å². The third kappa shape index (κ3) is 2.21. The molecule has 2 aliphatic heterocycles. The van der Waals surface area contributed by atoms with Crippen LogP contribution in [-0.2, 0) is 16.9 Å². The average molecular weight is 354 g/mol. The van der Waals surface area contributed by atoms with E-state index in [4.69, 9.17) is 4.74 Å². The van der Waals surface area contributed by atoms with Crippen LogP contribution >= 0.6 is 0 Å². The summed E-state index contributed by atoms with van der Waals surface area (Å²) in [5.74, 6) is -0.181. The van der Waals surface area contributed by atoms with E-state index in [2.05, 4.69) is 0 Å². The first-order valence-corrected chi connectivity index (χ1v) is 8.48. The minimum atomic E-state index is -1.05. The van der Waals surface area contributed by atoms with Crippen molar-refractivity contribution in [2.75, 3.05) is 20.7 Å². The van der Waals surface area contributed by atoms with Gasteiger partial charge in [0.05, 0.1) is 7.11 Å². The number of likely N-dealkylation sites (N-methyl/N-ethyl adjacent to an activating group) is 1. The number of methoxy groups -OCH3 is 1. The number of benzene rings is 2. The molecule has 1 atom stereocenters. The summed E-state index contributed by atoms with van der Waals surface area (Å²) in [4.78, 5) is 29.3. The van der Waals surface area contributed by atoms with Gasteiger partial charge in [-0.05, 0) is 29.8 Å². The van der Waals surface area contributed by atoms with Gasteiger partial charge in [0, 0.05) is 37.7 Å². The molecule has 0 bridgehead atoms. The molecule has 1 fully saturated rings. The van der Waals surface area contributed by atoms with Crippen LogP contribution in [0.15, 0.2) is 42.5 Å². The zero-order valence-corrected chi connectivity index (χ0v) is 14.7. The highest BCUT2D eigenvalue weighted by Gasteiger charge is 2.58. The van der Waals surface area contributed by atoms with E-state index < -0.39 is 11.4 Å². The average Bonchev–Trinajstić information content (AvgIpc) is 3.07. The van der Waals surface area contributed by atoms with Crippen molar-refractivity contribution in [1.29, 1.82) is 0 Å². The number of carbonyl (C=O) groups excluding carboxylic acids is 2. The Morgan fingerprint density at radius 1 is 1.15 bits per heavy atom. The Balaban J connectivity index is 1.79. The maximum Gasteiger partial charge on any atom is 0.255 e. The lowest BCUT2D eigenvalue weighted by atomic mass is 9.87. The van der Waals surface area contributed by atoms with E-state index in [0.717, 1.165) is 11.3 Å². The fourth-order valence-corrected chi connectivity index (χ4v) is 3.99. The molecule has 2 aromatic carbocycles. The van der Waals surface area contributed by atoms with Crippen LogP contribution in [0.1, 0.15) is 27.9 Å². The molecular formula is C20H19FN2O3. The molecule has 0 aromatic heterocycles. The smallest absolute Gasteiger partial charge is 0.255 e. The first-order valence-electron chi connectivity index (χ1n) is 8.48. The van der Waals surface area contributed by atoms with Crippen LogP contribution in [-0.4, -0.2) is 42.3 Å². The minimum absolute atomic E-state index is 0.121. The van der Waals surface area contributed by atoms with Crippen LogP contribution in [0.2, 0.25) is 0 Å². The van der Waals surface area contributed by atoms with Gasteiger partial charge >= 0.3 is 0 Å². The second-order valence-corrected chi connectivity index (χ2v) is 6.77. The van der Waals surface area contributed by atoms with Crippen molar-refractivity contribution in [2.24, 2.45) is 0 Å². The molecule has 0 radical (unpaired) electrons. The maximum atomic E-state index is 13.7. The van der Waals surface area contributed by atoms with Gasteiger partial charge in [-0.15, -0.1) is 0 Å². The Kier molecular flexibility index (Phi) is 3.72. The molecule has 134 valence electrons. The maximum absolute atomic E-state index is 13.7. The van der Waals surface area contributed by atoms with Crippen molar-refractivity contribution in [3.05, 3.63) is 65.0 Å². The van der Waals surface area contributed by atoms with Gasteiger partial charge in [0.1, 0.15) is 17.1 Å². The SMILES string of the molecule is COc1ccc(CN2C(=O)c3cc(F)ccc3C23CCN(C)C3=O)cc1. The number of halogens is 1. The number of fused-ring (bicyclic) bond motifs is 2. The molecule has 6 heteroatoms. The van der Waals surface area contributed by atoms with Crippen molar-refractivity contribution in [3.63, 3.8) is 0 Å². The van der Waals surface area contributed by atoms with Gasteiger partial charge in [0.25, 0.3) is 11.8 Å². The number of ether oxygens (including phenoxy) is 1.